The number of aromatic nitrogens is 2. The van der Waals surface area contributed by atoms with Crippen molar-refractivity contribution < 1.29 is 4.57 Å². The van der Waals surface area contributed by atoms with Gasteiger partial charge in [-0.05, 0) is 12.5 Å². The number of hydrogen-bond donors (Lipinski definition) is 0. The minimum absolute atomic E-state index is 0.863. The van der Waals surface area contributed by atoms with Crippen molar-refractivity contribution in [2.75, 3.05) is 0 Å². The molecule has 0 bridgehead atoms. The first-order valence-corrected chi connectivity index (χ1v) is 6.78. The van der Waals surface area contributed by atoms with Crippen LogP contribution in [0, 0.1) is 6.92 Å². The van der Waals surface area contributed by atoms with E-state index in [-0.39, 0.29) is 0 Å². The van der Waals surface area contributed by atoms with Gasteiger partial charge >= 0.3 is 0 Å². The fraction of sp³-hybridized carbons (Fsp3) is 0.111. The maximum atomic E-state index is 4.49. The van der Waals surface area contributed by atoms with Crippen LogP contribution >= 0.6 is 0 Å². The Kier molecular flexibility index (Phi) is 3.55. The van der Waals surface area contributed by atoms with Gasteiger partial charge in [0.15, 0.2) is 18.9 Å². The van der Waals surface area contributed by atoms with Gasteiger partial charge in [-0.3, -0.25) is 0 Å². The summed E-state index contributed by atoms with van der Waals surface area (Å²) in [6.07, 6.45) is 5.98. The minimum Gasteiger partial charge on any atom is -0.244 e. The number of benzene rings is 2. The van der Waals surface area contributed by atoms with Gasteiger partial charge in [0.1, 0.15) is 5.69 Å². The molecule has 2 nitrogen and oxygen atoms in total. The molecule has 0 radical (unpaired) electrons. The quantitative estimate of drug-likeness (QED) is 0.660. The molecule has 0 N–H and O–H groups in total. The highest BCUT2D eigenvalue weighted by Gasteiger charge is 2.08. The van der Waals surface area contributed by atoms with E-state index in [9.17, 15) is 0 Å². The normalized spacial score (nSPS) is 10.4. The summed E-state index contributed by atoms with van der Waals surface area (Å²) >= 11 is 0. The Labute approximate surface area is 119 Å². The number of rotatable bonds is 3. The zero-order valence-electron chi connectivity index (χ0n) is 11.5. The van der Waals surface area contributed by atoms with E-state index in [0.717, 1.165) is 12.2 Å². The van der Waals surface area contributed by atoms with E-state index < -0.39 is 0 Å². The van der Waals surface area contributed by atoms with Crippen molar-refractivity contribution in [1.82, 2.24) is 4.98 Å². The molecule has 0 saturated heterocycles. The van der Waals surface area contributed by atoms with Gasteiger partial charge in [0.05, 0.1) is 6.20 Å². The molecule has 98 valence electrons. The van der Waals surface area contributed by atoms with Crippen molar-refractivity contribution in [3.8, 4) is 11.3 Å². The molecule has 1 heterocycles. The monoisotopic (exact) mass is 261 g/mol. The molecular weight excluding hydrogens is 244 g/mol. The third-order valence-electron chi connectivity index (χ3n) is 3.39. The molecule has 0 unspecified atom stereocenters. The summed E-state index contributed by atoms with van der Waals surface area (Å²) in [6.45, 7) is 2.98. The summed E-state index contributed by atoms with van der Waals surface area (Å²) in [5, 5.41) is 0. The van der Waals surface area contributed by atoms with Crippen LogP contribution in [0.15, 0.2) is 73.2 Å². The zero-order chi connectivity index (χ0) is 13.8. The average Bonchev–Trinajstić information content (AvgIpc) is 2.49. The van der Waals surface area contributed by atoms with Crippen LogP contribution in [0.3, 0.4) is 0 Å². The Morgan fingerprint density at radius 1 is 0.950 bits per heavy atom. The van der Waals surface area contributed by atoms with E-state index in [1.807, 2.05) is 18.5 Å². The lowest BCUT2D eigenvalue weighted by Gasteiger charge is -2.04. The Morgan fingerprint density at radius 3 is 2.50 bits per heavy atom. The molecule has 3 rings (SSSR count). The van der Waals surface area contributed by atoms with Gasteiger partial charge in [0.2, 0.25) is 0 Å². The molecule has 0 saturated carbocycles. The van der Waals surface area contributed by atoms with Crippen LogP contribution in [0.2, 0.25) is 0 Å². The second kappa shape index (κ2) is 5.66. The zero-order valence-corrected chi connectivity index (χ0v) is 11.5. The van der Waals surface area contributed by atoms with Crippen LogP contribution in [0.25, 0.3) is 11.3 Å². The standard InChI is InChI=1S/C18H17N2/c1-15-7-5-6-10-17(15)18-14-20(12-11-19-18)13-16-8-3-2-4-9-16/h2-12,14H,13H2,1H3/q+1. The van der Waals surface area contributed by atoms with E-state index in [1.165, 1.54) is 16.7 Å². The first-order chi connectivity index (χ1) is 9.83. The van der Waals surface area contributed by atoms with E-state index >= 15 is 0 Å². The maximum absolute atomic E-state index is 4.49. The summed E-state index contributed by atoms with van der Waals surface area (Å²) in [5.74, 6) is 0. The molecule has 0 aliphatic heterocycles. The maximum Gasteiger partial charge on any atom is 0.195 e. The van der Waals surface area contributed by atoms with Crippen LogP contribution in [-0.4, -0.2) is 4.98 Å². The average molecular weight is 261 g/mol. The Balaban J connectivity index is 1.92. The van der Waals surface area contributed by atoms with Gasteiger partial charge < -0.3 is 0 Å². The molecule has 0 spiro atoms. The predicted molar refractivity (Wildman–Crippen MR) is 80.1 cm³/mol. The lowest BCUT2D eigenvalue weighted by atomic mass is 10.1. The fourth-order valence-corrected chi connectivity index (χ4v) is 2.32. The van der Waals surface area contributed by atoms with Gasteiger partial charge in [-0.25, -0.2) is 4.98 Å². The van der Waals surface area contributed by atoms with E-state index in [0.29, 0.717) is 0 Å². The molecular formula is C18H17N2+. The van der Waals surface area contributed by atoms with Crippen LogP contribution < -0.4 is 4.57 Å². The molecule has 0 aliphatic carbocycles. The largest absolute Gasteiger partial charge is 0.244 e. The SMILES string of the molecule is Cc1ccccc1-c1c[n+](Cc2ccccc2)ccn1. The van der Waals surface area contributed by atoms with Crippen LogP contribution in [0.1, 0.15) is 11.1 Å². The summed E-state index contributed by atoms with van der Waals surface area (Å²) in [5.41, 5.74) is 4.74. The first-order valence-electron chi connectivity index (χ1n) is 6.78. The predicted octanol–water partition coefficient (Wildman–Crippen LogP) is 3.39. The molecule has 0 aliphatic rings. The van der Waals surface area contributed by atoms with Crippen molar-refractivity contribution in [2.45, 2.75) is 13.5 Å². The first kappa shape index (κ1) is 12.5. The Morgan fingerprint density at radius 2 is 1.70 bits per heavy atom. The smallest absolute Gasteiger partial charge is 0.195 e. The molecule has 3 aromatic rings. The topological polar surface area (TPSA) is 16.8 Å². The molecule has 0 amide bonds. The van der Waals surface area contributed by atoms with Crippen LogP contribution in [0.4, 0.5) is 0 Å². The lowest BCUT2D eigenvalue weighted by molar-refractivity contribution is -0.688. The highest BCUT2D eigenvalue weighted by Crippen LogP contribution is 2.19. The molecule has 0 fully saturated rings. The van der Waals surface area contributed by atoms with Crippen molar-refractivity contribution in [1.29, 1.82) is 0 Å². The highest BCUT2D eigenvalue weighted by molar-refractivity contribution is 5.61. The van der Waals surface area contributed by atoms with Crippen LogP contribution in [-0.2, 0) is 6.54 Å². The number of nitrogens with zero attached hydrogens (tertiary/aromatic N) is 2. The third kappa shape index (κ3) is 2.75. The molecule has 2 heteroatoms. The molecule has 0 atom stereocenters. The van der Waals surface area contributed by atoms with Crippen molar-refractivity contribution in [2.24, 2.45) is 0 Å². The Hall–Kier alpha value is -2.48. The molecule has 1 aromatic heterocycles. The summed E-state index contributed by atoms with van der Waals surface area (Å²) in [6, 6.07) is 18.8. The summed E-state index contributed by atoms with van der Waals surface area (Å²) in [4.78, 5) is 4.49. The number of hydrogen-bond acceptors (Lipinski definition) is 1. The minimum atomic E-state index is 0.863. The highest BCUT2D eigenvalue weighted by atomic mass is 15.0. The van der Waals surface area contributed by atoms with Gasteiger partial charge in [-0.15, -0.1) is 0 Å². The van der Waals surface area contributed by atoms with Crippen LogP contribution in [0.5, 0.6) is 0 Å². The molecule has 2 aromatic carbocycles. The van der Waals surface area contributed by atoms with Gasteiger partial charge in [0.25, 0.3) is 0 Å². The van der Waals surface area contributed by atoms with Gasteiger partial charge in [0, 0.05) is 11.1 Å². The second-order valence-electron chi connectivity index (χ2n) is 4.91. The fourth-order valence-electron chi connectivity index (χ4n) is 2.32. The molecule has 20 heavy (non-hydrogen) atoms. The van der Waals surface area contributed by atoms with Crippen molar-refractivity contribution in [3.05, 3.63) is 84.3 Å². The third-order valence-corrected chi connectivity index (χ3v) is 3.39. The van der Waals surface area contributed by atoms with Gasteiger partial charge in [-0.2, -0.15) is 4.57 Å². The van der Waals surface area contributed by atoms with Gasteiger partial charge in [-0.1, -0.05) is 54.6 Å². The van der Waals surface area contributed by atoms with E-state index in [1.54, 1.807) is 0 Å². The summed E-state index contributed by atoms with van der Waals surface area (Å²) < 4.78 is 2.17. The lowest BCUT2D eigenvalue weighted by Crippen LogP contribution is -2.33. The van der Waals surface area contributed by atoms with Crippen molar-refractivity contribution in [3.63, 3.8) is 0 Å². The van der Waals surface area contributed by atoms with Crippen molar-refractivity contribution >= 4 is 0 Å². The van der Waals surface area contributed by atoms with E-state index in [4.69, 9.17) is 0 Å². The summed E-state index contributed by atoms with van der Waals surface area (Å²) in [7, 11) is 0. The van der Waals surface area contributed by atoms with E-state index in [2.05, 4.69) is 71.2 Å². The second-order valence-corrected chi connectivity index (χ2v) is 4.91. The Bertz CT molecular complexity index is 705. The number of aryl methyl sites for hydroxylation is 1.